The van der Waals surface area contributed by atoms with Gasteiger partial charge in [0, 0.05) is 22.9 Å². The zero-order valence-electron chi connectivity index (χ0n) is 17.0. The van der Waals surface area contributed by atoms with Crippen LogP contribution in [0.3, 0.4) is 0 Å². The van der Waals surface area contributed by atoms with Gasteiger partial charge in [-0.05, 0) is 26.0 Å². The molecule has 9 heteroatoms. The van der Waals surface area contributed by atoms with Crippen molar-refractivity contribution in [2.75, 3.05) is 25.6 Å². The van der Waals surface area contributed by atoms with Gasteiger partial charge >= 0.3 is 0 Å². The number of nitrogens with zero attached hydrogens (tertiary/aromatic N) is 2. The Balaban J connectivity index is 1.61. The smallest absolute Gasteiger partial charge is 0.262 e. The molecule has 0 unspecified atom stereocenters. The number of anilines is 1. The topological polar surface area (TPSA) is 82.6 Å². The lowest BCUT2D eigenvalue weighted by atomic mass is 10.3. The molecule has 7 nitrogen and oxygen atoms in total. The Bertz CT molecular complexity index is 994. The van der Waals surface area contributed by atoms with Crippen molar-refractivity contribution >= 4 is 34.7 Å². The number of amides is 1. The predicted octanol–water partition coefficient (Wildman–Crippen LogP) is 4.56. The van der Waals surface area contributed by atoms with Gasteiger partial charge in [-0.3, -0.25) is 9.78 Å². The van der Waals surface area contributed by atoms with Crippen LogP contribution in [0, 0.1) is 6.92 Å². The van der Waals surface area contributed by atoms with E-state index in [9.17, 15) is 4.79 Å². The Hall–Kier alpha value is -2.78. The van der Waals surface area contributed by atoms with Crippen LogP contribution in [-0.4, -0.2) is 36.2 Å². The van der Waals surface area contributed by atoms with Crippen LogP contribution in [0.4, 0.5) is 5.69 Å². The summed E-state index contributed by atoms with van der Waals surface area (Å²) in [6.45, 7) is 4.21. The number of hydrogen-bond donors (Lipinski definition) is 1. The van der Waals surface area contributed by atoms with Crippen LogP contribution in [0.1, 0.15) is 18.3 Å². The van der Waals surface area contributed by atoms with Crippen molar-refractivity contribution in [3.63, 3.8) is 0 Å². The molecule has 1 N–H and O–H groups in total. The summed E-state index contributed by atoms with van der Waals surface area (Å²) >= 11 is 3.21. The normalized spacial score (nSPS) is 10.5. The number of rotatable bonds is 10. The van der Waals surface area contributed by atoms with E-state index in [2.05, 4.69) is 15.3 Å². The molecule has 0 aliphatic heterocycles. The fourth-order valence-corrected chi connectivity index (χ4v) is 4.28. The first-order chi connectivity index (χ1) is 14.6. The Kier molecular flexibility index (Phi) is 7.92. The quantitative estimate of drug-likeness (QED) is 0.458. The van der Waals surface area contributed by atoms with E-state index < -0.39 is 0 Å². The molecule has 1 amide bonds. The van der Waals surface area contributed by atoms with Crippen molar-refractivity contribution in [3.8, 4) is 17.2 Å². The van der Waals surface area contributed by atoms with E-state index in [-0.39, 0.29) is 12.5 Å². The molecule has 0 atom stereocenters. The maximum absolute atomic E-state index is 12.4. The van der Waals surface area contributed by atoms with Crippen LogP contribution >= 0.6 is 23.1 Å². The van der Waals surface area contributed by atoms with Crippen LogP contribution < -0.4 is 19.5 Å². The third-order valence-electron chi connectivity index (χ3n) is 3.87. The lowest BCUT2D eigenvalue weighted by Gasteiger charge is -2.13. The highest BCUT2D eigenvalue weighted by Crippen LogP contribution is 2.31. The molecule has 3 rings (SSSR count). The Labute approximate surface area is 183 Å². The first-order valence-electron chi connectivity index (χ1n) is 9.31. The van der Waals surface area contributed by atoms with Gasteiger partial charge in [-0.1, -0.05) is 23.9 Å². The number of methoxy groups -OCH3 is 1. The molecule has 0 aliphatic carbocycles. The third-order valence-corrected chi connectivity index (χ3v) is 6.04. The summed E-state index contributed by atoms with van der Waals surface area (Å²) in [6.07, 6.45) is 1.60. The zero-order valence-corrected chi connectivity index (χ0v) is 18.6. The van der Waals surface area contributed by atoms with Gasteiger partial charge in [-0.25, -0.2) is 4.98 Å². The summed E-state index contributed by atoms with van der Waals surface area (Å²) in [4.78, 5) is 21.2. The molecule has 0 saturated heterocycles. The van der Waals surface area contributed by atoms with E-state index in [1.165, 1.54) is 7.11 Å². The summed E-state index contributed by atoms with van der Waals surface area (Å²) in [5.74, 6) is 1.89. The van der Waals surface area contributed by atoms with Crippen LogP contribution in [0.2, 0.25) is 0 Å². The number of nitrogens with one attached hydrogen (secondary N) is 1. The van der Waals surface area contributed by atoms with Crippen molar-refractivity contribution in [3.05, 3.63) is 53.3 Å². The fourth-order valence-electron chi connectivity index (χ4n) is 2.53. The second kappa shape index (κ2) is 10.8. The number of carbonyl (C=O) groups is 1. The average molecular weight is 446 g/mol. The summed E-state index contributed by atoms with van der Waals surface area (Å²) in [6, 6.07) is 9.06. The minimum Gasteiger partial charge on any atom is -0.492 e. The van der Waals surface area contributed by atoms with Crippen LogP contribution in [0.15, 0.2) is 46.2 Å². The standard InChI is InChI=1S/C21H23N3O4S2/c1-4-27-17-8-6-5-7-16(17)24-20(25)11-28-18-9-15(22-10-19(18)26-3)13-30-21-23-14(2)12-29-21/h5-10,12H,4,11,13H2,1-3H3,(H,24,25). The highest BCUT2D eigenvalue weighted by atomic mass is 32.2. The minimum absolute atomic E-state index is 0.168. The van der Waals surface area contributed by atoms with Crippen LogP contribution in [0.25, 0.3) is 0 Å². The molecule has 2 heterocycles. The molecular weight excluding hydrogens is 422 g/mol. The van der Waals surface area contributed by atoms with Crippen molar-refractivity contribution in [1.82, 2.24) is 9.97 Å². The van der Waals surface area contributed by atoms with E-state index in [1.54, 1.807) is 47.5 Å². The summed E-state index contributed by atoms with van der Waals surface area (Å²) in [5.41, 5.74) is 2.42. The maximum atomic E-state index is 12.4. The Morgan fingerprint density at radius 2 is 2.03 bits per heavy atom. The van der Waals surface area contributed by atoms with Gasteiger partial charge in [0.05, 0.1) is 31.3 Å². The van der Waals surface area contributed by atoms with Gasteiger partial charge in [0.1, 0.15) is 10.1 Å². The van der Waals surface area contributed by atoms with Gasteiger partial charge < -0.3 is 19.5 Å². The number of aromatic nitrogens is 2. The molecular formula is C21H23N3O4S2. The van der Waals surface area contributed by atoms with Gasteiger partial charge in [-0.15, -0.1) is 11.3 Å². The largest absolute Gasteiger partial charge is 0.492 e. The molecule has 0 bridgehead atoms. The number of pyridine rings is 1. The lowest BCUT2D eigenvalue weighted by molar-refractivity contribution is -0.118. The zero-order chi connectivity index (χ0) is 21.3. The summed E-state index contributed by atoms with van der Waals surface area (Å²) in [5, 5.41) is 4.82. The molecule has 2 aromatic heterocycles. The maximum Gasteiger partial charge on any atom is 0.262 e. The average Bonchev–Trinajstić information content (AvgIpc) is 3.17. The number of benzene rings is 1. The van der Waals surface area contributed by atoms with E-state index >= 15 is 0 Å². The highest BCUT2D eigenvalue weighted by molar-refractivity contribution is 8.00. The van der Waals surface area contributed by atoms with Crippen molar-refractivity contribution in [2.45, 2.75) is 23.9 Å². The van der Waals surface area contributed by atoms with E-state index in [0.717, 1.165) is 15.7 Å². The second-order valence-corrected chi connectivity index (χ2v) is 8.22. The highest BCUT2D eigenvalue weighted by Gasteiger charge is 2.12. The van der Waals surface area contributed by atoms with Crippen molar-refractivity contribution in [2.24, 2.45) is 0 Å². The van der Waals surface area contributed by atoms with Crippen LogP contribution in [0.5, 0.6) is 17.2 Å². The Morgan fingerprint density at radius 3 is 2.77 bits per heavy atom. The third kappa shape index (κ3) is 6.11. The summed E-state index contributed by atoms with van der Waals surface area (Å²) in [7, 11) is 1.54. The summed E-state index contributed by atoms with van der Waals surface area (Å²) < 4.78 is 17.5. The molecule has 0 saturated carbocycles. The molecule has 0 aliphatic rings. The number of thioether (sulfide) groups is 1. The SMILES string of the molecule is CCOc1ccccc1NC(=O)COc1cc(CSc2nc(C)cs2)ncc1OC. The number of aryl methyl sites for hydroxylation is 1. The Morgan fingerprint density at radius 1 is 1.20 bits per heavy atom. The van der Waals surface area contributed by atoms with E-state index in [4.69, 9.17) is 14.2 Å². The molecule has 30 heavy (non-hydrogen) atoms. The minimum atomic E-state index is -0.296. The van der Waals surface area contributed by atoms with Gasteiger partial charge in [0.15, 0.2) is 18.1 Å². The monoisotopic (exact) mass is 445 g/mol. The first-order valence-corrected chi connectivity index (χ1v) is 11.2. The number of ether oxygens (including phenoxy) is 3. The number of carbonyl (C=O) groups excluding carboxylic acids is 1. The fraction of sp³-hybridized carbons (Fsp3) is 0.286. The lowest BCUT2D eigenvalue weighted by Crippen LogP contribution is -2.21. The molecule has 0 spiro atoms. The number of thiazole rings is 1. The molecule has 1 aromatic carbocycles. The van der Waals surface area contributed by atoms with Crippen molar-refractivity contribution < 1.29 is 19.0 Å². The van der Waals surface area contributed by atoms with Gasteiger partial charge in [0.2, 0.25) is 0 Å². The number of hydrogen-bond acceptors (Lipinski definition) is 8. The molecule has 3 aromatic rings. The van der Waals surface area contributed by atoms with Gasteiger partial charge in [0.25, 0.3) is 5.91 Å². The van der Waals surface area contributed by atoms with Crippen LogP contribution in [-0.2, 0) is 10.5 Å². The second-order valence-electron chi connectivity index (χ2n) is 6.14. The first kappa shape index (κ1) is 21.9. The predicted molar refractivity (Wildman–Crippen MR) is 119 cm³/mol. The molecule has 0 radical (unpaired) electrons. The van der Waals surface area contributed by atoms with Gasteiger partial charge in [-0.2, -0.15) is 0 Å². The number of para-hydroxylation sites is 2. The van der Waals surface area contributed by atoms with E-state index in [0.29, 0.717) is 35.3 Å². The van der Waals surface area contributed by atoms with Crippen molar-refractivity contribution in [1.29, 1.82) is 0 Å². The molecule has 158 valence electrons. The molecule has 0 fully saturated rings. The van der Waals surface area contributed by atoms with E-state index in [1.807, 2.05) is 31.4 Å².